The third-order valence-electron chi connectivity index (χ3n) is 3.02. The number of nitrogens with two attached hydrogens (primary N) is 1. The van der Waals surface area contributed by atoms with Crippen LogP contribution in [0.5, 0.6) is 0 Å². The van der Waals surface area contributed by atoms with Crippen molar-refractivity contribution in [3.8, 4) is 11.3 Å². The van der Waals surface area contributed by atoms with Gasteiger partial charge in [-0.1, -0.05) is 30.3 Å². The number of nitrogens with zero attached hydrogens (tertiary/aromatic N) is 3. The van der Waals surface area contributed by atoms with Gasteiger partial charge < -0.3 is 5.73 Å². The summed E-state index contributed by atoms with van der Waals surface area (Å²) in [7, 11) is 0. The first kappa shape index (κ1) is 13.7. The van der Waals surface area contributed by atoms with E-state index in [4.69, 9.17) is 5.73 Å². The predicted octanol–water partition coefficient (Wildman–Crippen LogP) is 2.31. The van der Waals surface area contributed by atoms with Crippen LogP contribution in [0, 0.1) is 0 Å². The molecule has 0 spiro atoms. The standard InChI is InChI=1S/C16H13N5O/c17-15-8-12(6-7-18-15)13-9-14(21-20-13)16(22)19-10-11-4-2-1-3-5-11/h1-10H,(H2,17,18)(H,20,21). The zero-order valence-electron chi connectivity index (χ0n) is 11.6. The van der Waals surface area contributed by atoms with Crippen molar-refractivity contribution < 1.29 is 4.79 Å². The first-order chi connectivity index (χ1) is 10.7. The average molecular weight is 291 g/mol. The summed E-state index contributed by atoms with van der Waals surface area (Å²) in [6, 6.07) is 14.5. The lowest BCUT2D eigenvalue weighted by molar-refractivity contribution is 0.0998. The molecule has 0 atom stereocenters. The lowest BCUT2D eigenvalue weighted by Crippen LogP contribution is -1.96. The second-order valence-electron chi connectivity index (χ2n) is 4.61. The van der Waals surface area contributed by atoms with Crippen LogP contribution >= 0.6 is 0 Å². The Bertz CT molecular complexity index is 823. The summed E-state index contributed by atoms with van der Waals surface area (Å²) in [6.07, 6.45) is 3.11. The van der Waals surface area contributed by atoms with E-state index < -0.39 is 0 Å². The van der Waals surface area contributed by atoms with Crippen LogP contribution in [0.15, 0.2) is 59.7 Å². The molecule has 22 heavy (non-hydrogen) atoms. The Morgan fingerprint density at radius 1 is 1.18 bits per heavy atom. The third-order valence-corrected chi connectivity index (χ3v) is 3.02. The molecule has 108 valence electrons. The molecule has 0 aliphatic rings. The van der Waals surface area contributed by atoms with Crippen molar-refractivity contribution in [2.24, 2.45) is 4.99 Å². The summed E-state index contributed by atoms with van der Waals surface area (Å²) in [5, 5.41) is 6.79. The lowest BCUT2D eigenvalue weighted by atomic mass is 10.2. The minimum Gasteiger partial charge on any atom is -0.384 e. The lowest BCUT2D eigenvalue weighted by Gasteiger charge is -1.96. The van der Waals surface area contributed by atoms with Gasteiger partial charge in [0.15, 0.2) is 0 Å². The highest BCUT2D eigenvalue weighted by molar-refractivity contribution is 6.00. The number of nitrogen functional groups attached to an aromatic ring is 1. The van der Waals surface area contributed by atoms with Crippen LogP contribution < -0.4 is 5.73 Å². The minimum atomic E-state index is -0.385. The van der Waals surface area contributed by atoms with E-state index in [1.807, 2.05) is 30.3 Å². The highest BCUT2D eigenvalue weighted by Crippen LogP contribution is 2.18. The second-order valence-corrected chi connectivity index (χ2v) is 4.61. The molecule has 1 aromatic carbocycles. The normalized spacial score (nSPS) is 10.9. The molecule has 0 bridgehead atoms. The van der Waals surface area contributed by atoms with Crippen LogP contribution in [0.3, 0.4) is 0 Å². The molecular formula is C16H13N5O. The van der Waals surface area contributed by atoms with Crippen molar-refractivity contribution in [2.45, 2.75) is 0 Å². The molecule has 0 radical (unpaired) electrons. The van der Waals surface area contributed by atoms with Crippen LogP contribution in [-0.4, -0.2) is 27.3 Å². The zero-order chi connectivity index (χ0) is 15.4. The summed E-state index contributed by atoms with van der Waals surface area (Å²) >= 11 is 0. The van der Waals surface area contributed by atoms with E-state index in [9.17, 15) is 4.79 Å². The largest absolute Gasteiger partial charge is 0.384 e. The van der Waals surface area contributed by atoms with Gasteiger partial charge in [-0.15, -0.1) is 0 Å². The van der Waals surface area contributed by atoms with E-state index in [2.05, 4.69) is 20.2 Å². The van der Waals surface area contributed by atoms with Crippen LogP contribution in [-0.2, 0) is 0 Å². The van der Waals surface area contributed by atoms with Gasteiger partial charge in [-0.25, -0.2) is 9.98 Å². The number of pyridine rings is 1. The summed E-state index contributed by atoms with van der Waals surface area (Å²) < 4.78 is 0. The number of hydrogen-bond acceptors (Lipinski definition) is 4. The molecule has 3 rings (SSSR count). The number of hydrogen-bond donors (Lipinski definition) is 2. The Morgan fingerprint density at radius 2 is 2.00 bits per heavy atom. The quantitative estimate of drug-likeness (QED) is 0.723. The van der Waals surface area contributed by atoms with Crippen LogP contribution in [0.4, 0.5) is 5.82 Å². The van der Waals surface area contributed by atoms with Crippen molar-refractivity contribution in [1.82, 2.24) is 15.2 Å². The maximum Gasteiger partial charge on any atom is 0.294 e. The fourth-order valence-electron chi connectivity index (χ4n) is 1.93. The maximum atomic E-state index is 12.0. The average Bonchev–Trinajstić information content (AvgIpc) is 3.04. The van der Waals surface area contributed by atoms with Crippen molar-refractivity contribution in [1.29, 1.82) is 0 Å². The Morgan fingerprint density at radius 3 is 2.77 bits per heavy atom. The van der Waals surface area contributed by atoms with Gasteiger partial charge in [0.2, 0.25) is 0 Å². The number of amides is 1. The molecule has 0 fully saturated rings. The predicted molar refractivity (Wildman–Crippen MR) is 84.6 cm³/mol. The maximum absolute atomic E-state index is 12.0. The molecular weight excluding hydrogens is 278 g/mol. The van der Waals surface area contributed by atoms with E-state index in [1.54, 1.807) is 24.4 Å². The minimum absolute atomic E-state index is 0.317. The summed E-state index contributed by atoms with van der Waals surface area (Å²) in [4.78, 5) is 19.9. The van der Waals surface area contributed by atoms with Crippen molar-refractivity contribution in [3.05, 3.63) is 66.0 Å². The molecule has 0 saturated heterocycles. The van der Waals surface area contributed by atoms with Crippen molar-refractivity contribution in [2.75, 3.05) is 5.73 Å². The highest BCUT2D eigenvalue weighted by Gasteiger charge is 2.10. The first-order valence-electron chi connectivity index (χ1n) is 6.63. The number of aromatic amines is 1. The number of H-pyrrole nitrogens is 1. The number of aliphatic imine (C=N–C) groups is 1. The topological polar surface area (TPSA) is 97.0 Å². The Kier molecular flexibility index (Phi) is 3.74. The summed E-state index contributed by atoms with van der Waals surface area (Å²) in [5.41, 5.74) is 8.22. The Balaban J connectivity index is 1.79. The Labute approximate surface area is 126 Å². The summed E-state index contributed by atoms with van der Waals surface area (Å²) in [6.45, 7) is 0. The van der Waals surface area contributed by atoms with Gasteiger partial charge in [-0.05, 0) is 23.8 Å². The molecule has 0 aliphatic heterocycles. The fraction of sp³-hybridized carbons (Fsp3) is 0. The molecule has 0 saturated carbocycles. The van der Waals surface area contributed by atoms with Gasteiger partial charge in [-0.2, -0.15) is 5.10 Å². The smallest absolute Gasteiger partial charge is 0.294 e. The van der Waals surface area contributed by atoms with E-state index in [0.717, 1.165) is 11.1 Å². The number of anilines is 1. The molecule has 6 heteroatoms. The third kappa shape index (κ3) is 3.06. The number of aromatic nitrogens is 3. The van der Waals surface area contributed by atoms with Gasteiger partial charge in [-0.3, -0.25) is 9.89 Å². The molecule has 2 heterocycles. The van der Waals surface area contributed by atoms with Gasteiger partial charge in [0.05, 0.1) is 5.69 Å². The van der Waals surface area contributed by atoms with Gasteiger partial charge in [0.1, 0.15) is 11.5 Å². The number of benzene rings is 1. The van der Waals surface area contributed by atoms with Crippen LogP contribution in [0.1, 0.15) is 16.1 Å². The number of carbonyl (C=O) groups excluding carboxylic acids is 1. The van der Waals surface area contributed by atoms with E-state index >= 15 is 0 Å². The Hall–Kier alpha value is -3.28. The van der Waals surface area contributed by atoms with Crippen molar-refractivity contribution >= 4 is 17.9 Å². The molecule has 2 aromatic heterocycles. The molecule has 1 amide bonds. The zero-order valence-corrected chi connectivity index (χ0v) is 11.6. The number of carbonyl (C=O) groups is 1. The van der Waals surface area contributed by atoms with Crippen LogP contribution in [0.2, 0.25) is 0 Å². The molecule has 3 N–H and O–H groups in total. The molecule has 0 unspecified atom stereocenters. The van der Waals surface area contributed by atoms with Crippen molar-refractivity contribution in [3.63, 3.8) is 0 Å². The van der Waals surface area contributed by atoms with Gasteiger partial charge >= 0.3 is 0 Å². The monoisotopic (exact) mass is 291 g/mol. The van der Waals surface area contributed by atoms with E-state index in [0.29, 0.717) is 17.2 Å². The summed E-state index contributed by atoms with van der Waals surface area (Å²) in [5.74, 6) is 0.0140. The van der Waals surface area contributed by atoms with E-state index in [1.165, 1.54) is 6.21 Å². The SMILES string of the molecule is Nc1cc(-c2cc(C(=O)N=Cc3ccccc3)[nH]n2)ccn1. The highest BCUT2D eigenvalue weighted by atomic mass is 16.1. The number of nitrogens with one attached hydrogen (secondary N) is 1. The van der Waals surface area contributed by atoms with E-state index in [-0.39, 0.29) is 5.91 Å². The second kappa shape index (κ2) is 6.01. The molecule has 0 aliphatic carbocycles. The molecule has 3 aromatic rings. The van der Waals surface area contributed by atoms with Gasteiger partial charge in [0.25, 0.3) is 5.91 Å². The number of rotatable bonds is 3. The molecule has 6 nitrogen and oxygen atoms in total. The van der Waals surface area contributed by atoms with Crippen LogP contribution in [0.25, 0.3) is 11.3 Å². The fourth-order valence-corrected chi connectivity index (χ4v) is 1.93. The first-order valence-corrected chi connectivity index (χ1v) is 6.63. The van der Waals surface area contributed by atoms with Gasteiger partial charge in [0, 0.05) is 18.0 Å².